The van der Waals surface area contributed by atoms with Gasteiger partial charge in [0.1, 0.15) is 4.90 Å². The Labute approximate surface area is 112 Å². The molecule has 1 aromatic carbocycles. The molecule has 106 valence electrons. The van der Waals surface area contributed by atoms with Gasteiger partial charge in [0.25, 0.3) is 5.69 Å². The Morgan fingerprint density at radius 1 is 1.42 bits per heavy atom. The number of nitro benzene ring substituents is 1. The van der Waals surface area contributed by atoms with Crippen LogP contribution in [0.25, 0.3) is 0 Å². The third kappa shape index (κ3) is 3.42. The van der Waals surface area contributed by atoms with E-state index in [0.29, 0.717) is 6.54 Å². The standard InChI is InChI=1S/C11H17N3O4S/c1-8(2)7-13(3)19(17,18)11-5-4-9(14(15)16)6-10(11)12/h4-6,8H,7,12H2,1-3H3. The van der Waals surface area contributed by atoms with Gasteiger partial charge in [0.15, 0.2) is 0 Å². The van der Waals surface area contributed by atoms with Gasteiger partial charge in [-0.15, -0.1) is 0 Å². The van der Waals surface area contributed by atoms with Gasteiger partial charge in [-0.25, -0.2) is 12.7 Å². The Balaban J connectivity index is 3.19. The van der Waals surface area contributed by atoms with E-state index in [1.165, 1.54) is 17.4 Å². The first-order chi connectivity index (χ1) is 8.66. The van der Waals surface area contributed by atoms with Crippen LogP contribution in [0.2, 0.25) is 0 Å². The van der Waals surface area contributed by atoms with E-state index < -0.39 is 14.9 Å². The number of nitrogens with zero attached hydrogens (tertiary/aromatic N) is 2. The number of rotatable bonds is 5. The fraction of sp³-hybridized carbons (Fsp3) is 0.455. The van der Waals surface area contributed by atoms with Crippen LogP contribution < -0.4 is 5.73 Å². The largest absolute Gasteiger partial charge is 0.397 e. The van der Waals surface area contributed by atoms with E-state index >= 15 is 0 Å². The SMILES string of the molecule is CC(C)CN(C)S(=O)(=O)c1ccc([N+](=O)[O-])cc1N. The highest BCUT2D eigenvalue weighted by Crippen LogP contribution is 2.26. The molecule has 0 aliphatic carbocycles. The number of hydrogen-bond acceptors (Lipinski definition) is 5. The van der Waals surface area contributed by atoms with Crippen molar-refractivity contribution in [1.82, 2.24) is 4.31 Å². The highest BCUT2D eigenvalue weighted by molar-refractivity contribution is 7.89. The summed E-state index contributed by atoms with van der Waals surface area (Å²) in [5, 5.41) is 10.6. The number of benzene rings is 1. The van der Waals surface area contributed by atoms with Gasteiger partial charge in [0.2, 0.25) is 10.0 Å². The summed E-state index contributed by atoms with van der Waals surface area (Å²) < 4.78 is 25.7. The summed E-state index contributed by atoms with van der Waals surface area (Å²) >= 11 is 0. The van der Waals surface area contributed by atoms with Gasteiger partial charge in [-0.2, -0.15) is 0 Å². The number of nitrogens with two attached hydrogens (primary N) is 1. The molecule has 0 radical (unpaired) electrons. The predicted molar refractivity (Wildman–Crippen MR) is 72.2 cm³/mol. The van der Waals surface area contributed by atoms with E-state index in [0.717, 1.165) is 12.1 Å². The minimum Gasteiger partial charge on any atom is -0.397 e. The van der Waals surface area contributed by atoms with Crippen LogP contribution in [0.3, 0.4) is 0 Å². The third-order valence-corrected chi connectivity index (χ3v) is 4.41. The summed E-state index contributed by atoms with van der Waals surface area (Å²) in [6.45, 7) is 4.13. The molecule has 19 heavy (non-hydrogen) atoms. The molecule has 0 bridgehead atoms. The van der Waals surface area contributed by atoms with Crippen LogP contribution in [-0.2, 0) is 10.0 Å². The van der Waals surface area contributed by atoms with Gasteiger partial charge in [-0.1, -0.05) is 13.8 Å². The van der Waals surface area contributed by atoms with Gasteiger partial charge in [-0.3, -0.25) is 10.1 Å². The summed E-state index contributed by atoms with van der Waals surface area (Å²) in [5.74, 6) is 0.166. The Morgan fingerprint density at radius 2 is 2.00 bits per heavy atom. The second kappa shape index (κ2) is 5.54. The fourth-order valence-corrected chi connectivity index (χ4v) is 3.09. The Kier molecular flexibility index (Phi) is 4.48. The zero-order valence-electron chi connectivity index (χ0n) is 11.0. The first-order valence-corrected chi connectivity index (χ1v) is 7.10. The van der Waals surface area contributed by atoms with Crippen molar-refractivity contribution in [3.8, 4) is 0 Å². The van der Waals surface area contributed by atoms with Gasteiger partial charge in [-0.05, 0) is 12.0 Å². The van der Waals surface area contributed by atoms with E-state index in [9.17, 15) is 18.5 Å². The lowest BCUT2D eigenvalue weighted by molar-refractivity contribution is -0.384. The van der Waals surface area contributed by atoms with Crippen LogP contribution in [-0.4, -0.2) is 31.2 Å². The molecule has 0 atom stereocenters. The maximum absolute atomic E-state index is 12.2. The molecule has 1 aromatic rings. The zero-order valence-corrected chi connectivity index (χ0v) is 11.8. The predicted octanol–water partition coefficient (Wildman–Crippen LogP) is 1.45. The molecule has 8 heteroatoms. The van der Waals surface area contributed by atoms with Crippen LogP contribution in [0.15, 0.2) is 23.1 Å². The van der Waals surface area contributed by atoms with E-state index in [4.69, 9.17) is 5.73 Å². The molecule has 0 amide bonds. The van der Waals surface area contributed by atoms with Crippen molar-refractivity contribution in [1.29, 1.82) is 0 Å². The van der Waals surface area contributed by atoms with Gasteiger partial charge < -0.3 is 5.73 Å². The molecule has 0 aliphatic rings. The molecule has 0 fully saturated rings. The normalized spacial score (nSPS) is 12.1. The molecule has 7 nitrogen and oxygen atoms in total. The molecule has 1 rings (SSSR count). The van der Waals surface area contributed by atoms with E-state index in [1.54, 1.807) is 0 Å². The van der Waals surface area contributed by atoms with Crippen LogP contribution in [0, 0.1) is 16.0 Å². The van der Waals surface area contributed by atoms with Crippen molar-refractivity contribution in [3.63, 3.8) is 0 Å². The first kappa shape index (κ1) is 15.4. The second-order valence-corrected chi connectivity index (χ2v) is 6.67. The van der Waals surface area contributed by atoms with Crippen molar-refractivity contribution in [2.75, 3.05) is 19.3 Å². The molecule has 0 spiro atoms. The topological polar surface area (TPSA) is 107 Å². The van der Waals surface area contributed by atoms with Crippen molar-refractivity contribution in [2.45, 2.75) is 18.7 Å². The lowest BCUT2D eigenvalue weighted by atomic mass is 10.2. The van der Waals surface area contributed by atoms with E-state index in [2.05, 4.69) is 0 Å². The van der Waals surface area contributed by atoms with Gasteiger partial charge >= 0.3 is 0 Å². The molecule has 2 N–H and O–H groups in total. The van der Waals surface area contributed by atoms with Crippen LogP contribution in [0.4, 0.5) is 11.4 Å². The van der Waals surface area contributed by atoms with E-state index in [-0.39, 0.29) is 22.2 Å². The highest BCUT2D eigenvalue weighted by Gasteiger charge is 2.25. The molecule has 0 aromatic heterocycles. The lowest BCUT2D eigenvalue weighted by Crippen LogP contribution is -2.30. The zero-order chi connectivity index (χ0) is 14.8. The molecular weight excluding hydrogens is 270 g/mol. The smallest absolute Gasteiger partial charge is 0.271 e. The quantitative estimate of drug-likeness (QED) is 0.501. The maximum atomic E-state index is 12.2. The molecule has 0 aliphatic heterocycles. The molecule has 0 saturated heterocycles. The van der Waals surface area contributed by atoms with Crippen LogP contribution in [0.1, 0.15) is 13.8 Å². The van der Waals surface area contributed by atoms with Gasteiger partial charge in [0, 0.05) is 25.7 Å². The monoisotopic (exact) mass is 287 g/mol. The van der Waals surface area contributed by atoms with E-state index in [1.807, 2.05) is 13.8 Å². The summed E-state index contributed by atoms with van der Waals surface area (Å²) in [7, 11) is -2.27. The lowest BCUT2D eigenvalue weighted by Gasteiger charge is -2.19. The third-order valence-electron chi connectivity index (χ3n) is 2.51. The minimum absolute atomic E-state index is 0.110. The maximum Gasteiger partial charge on any atom is 0.271 e. The second-order valence-electron chi connectivity index (χ2n) is 4.66. The molecule has 0 unspecified atom stereocenters. The average Bonchev–Trinajstić information content (AvgIpc) is 2.27. The summed E-state index contributed by atoms with van der Waals surface area (Å²) in [6, 6.07) is 3.35. The summed E-state index contributed by atoms with van der Waals surface area (Å²) in [5.41, 5.74) is 5.25. The number of anilines is 1. The number of sulfonamides is 1. The number of hydrogen-bond donors (Lipinski definition) is 1. The number of nitrogen functional groups attached to an aromatic ring is 1. The summed E-state index contributed by atoms with van der Waals surface area (Å²) in [6.07, 6.45) is 0. The highest BCUT2D eigenvalue weighted by atomic mass is 32.2. The van der Waals surface area contributed by atoms with Crippen LogP contribution >= 0.6 is 0 Å². The molecular formula is C11H17N3O4S. The summed E-state index contributed by atoms with van der Waals surface area (Å²) in [4.78, 5) is 9.85. The fourth-order valence-electron chi connectivity index (χ4n) is 1.66. The van der Waals surface area contributed by atoms with Crippen molar-refractivity contribution in [2.24, 2.45) is 5.92 Å². The average molecular weight is 287 g/mol. The Hall–Kier alpha value is -1.67. The number of nitro groups is 1. The number of non-ortho nitro benzene ring substituents is 1. The van der Waals surface area contributed by atoms with Gasteiger partial charge in [0.05, 0.1) is 10.6 Å². The molecule has 0 heterocycles. The Bertz CT molecular complexity index is 584. The van der Waals surface area contributed by atoms with Crippen LogP contribution in [0.5, 0.6) is 0 Å². The Morgan fingerprint density at radius 3 is 2.42 bits per heavy atom. The minimum atomic E-state index is -3.72. The first-order valence-electron chi connectivity index (χ1n) is 5.66. The van der Waals surface area contributed by atoms with Crippen molar-refractivity contribution < 1.29 is 13.3 Å². The van der Waals surface area contributed by atoms with Crippen molar-refractivity contribution >= 4 is 21.4 Å². The molecule has 0 saturated carbocycles. The van der Waals surface area contributed by atoms with Crippen molar-refractivity contribution in [3.05, 3.63) is 28.3 Å².